The molecule has 4 rings (SSSR count). The smallest absolute Gasteiger partial charge is 0.274 e. The van der Waals surface area contributed by atoms with Crippen LogP contribution in [0.25, 0.3) is 21.8 Å². The van der Waals surface area contributed by atoms with Crippen molar-refractivity contribution in [1.29, 1.82) is 0 Å². The summed E-state index contributed by atoms with van der Waals surface area (Å²) in [6.45, 7) is 8.80. The van der Waals surface area contributed by atoms with Gasteiger partial charge >= 0.3 is 0 Å². The lowest BCUT2D eigenvalue weighted by atomic mass is 9.98. The van der Waals surface area contributed by atoms with Crippen molar-refractivity contribution in [2.24, 2.45) is 11.8 Å². The summed E-state index contributed by atoms with van der Waals surface area (Å²) in [5.74, 6) is 1.06. The number of hydrogen-bond donors (Lipinski definition) is 2. The highest BCUT2D eigenvalue weighted by atomic mass is 16.2. The Morgan fingerprint density at radius 2 is 1.76 bits per heavy atom. The molecule has 2 N–H and O–H groups in total. The summed E-state index contributed by atoms with van der Waals surface area (Å²) >= 11 is 0. The Morgan fingerprint density at radius 3 is 2.45 bits per heavy atom. The first-order chi connectivity index (χ1) is 15.9. The first-order valence-electron chi connectivity index (χ1n) is 11.6. The van der Waals surface area contributed by atoms with E-state index < -0.39 is 0 Å². The van der Waals surface area contributed by atoms with Gasteiger partial charge in [-0.3, -0.25) is 9.59 Å². The summed E-state index contributed by atoms with van der Waals surface area (Å²) < 4.78 is 1.49. The van der Waals surface area contributed by atoms with Crippen LogP contribution in [-0.2, 0) is 17.8 Å². The summed E-state index contributed by atoms with van der Waals surface area (Å²) in [6.07, 6.45) is 0.981. The second-order valence-electron chi connectivity index (χ2n) is 9.12. The molecule has 33 heavy (non-hydrogen) atoms. The van der Waals surface area contributed by atoms with Crippen molar-refractivity contribution in [2.45, 2.75) is 53.1 Å². The van der Waals surface area contributed by atoms with Crippen LogP contribution in [0.2, 0.25) is 0 Å². The van der Waals surface area contributed by atoms with E-state index in [1.165, 1.54) is 4.68 Å². The monoisotopic (exact) mass is 445 g/mol. The van der Waals surface area contributed by atoms with Gasteiger partial charge in [-0.1, -0.05) is 64.4 Å². The molecule has 0 aliphatic rings. The minimum absolute atomic E-state index is 0.0893. The van der Waals surface area contributed by atoms with Crippen molar-refractivity contribution in [3.05, 3.63) is 70.4 Å². The number of benzene rings is 2. The van der Waals surface area contributed by atoms with Crippen LogP contribution in [0.15, 0.2) is 53.3 Å². The van der Waals surface area contributed by atoms with Crippen LogP contribution in [0, 0.1) is 11.8 Å². The molecule has 2 atom stereocenters. The molecule has 4 aromatic rings. The highest BCUT2D eigenvalue weighted by Gasteiger charge is 2.24. The van der Waals surface area contributed by atoms with Crippen LogP contribution in [0.3, 0.4) is 0 Å². The van der Waals surface area contributed by atoms with E-state index >= 15 is 0 Å². The van der Waals surface area contributed by atoms with Crippen LogP contribution in [0.1, 0.15) is 51.7 Å². The fourth-order valence-corrected chi connectivity index (χ4v) is 4.12. The molecule has 0 saturated carbocycles. The Bertz CT molecular complexity index is 1300. The van der Waals surface area contributed by atoms with Gasteiger partial charge in [-0.05, 0) is 30.0 Å². The SMILES string of the molecule is CC[C@@H](C)[C@H](NC(=O)Cc1nn(CC(C)C)c(=O)c2ccccc12)c1nc2ccccc2[nH]1. The highest BCUT2D eigenvalue weighted by Crippen LogP contribution is 2.25. The molecule has 7 heteroatoms. The minimum Gasteiger partial charge on any atom is -0.346 e. The standard InChI is InChI=1S/C26H31N5O2/c1-5-17(4)24(25-27-20-12-8-9-13-21(20)28-25)29-23(32)14-22-18-10-6-7-11-19(18)26(33)31(30-22)15-16(2)3/h6-13,16-17,24H,5,14-15H2,1-4H3,(H,27,28)(H,29,32)/t17-,24+/m1/s1. The van der Waals surface area contributed by atoms with Crippen LogP contribution in [0.5, 0.6) is 0 Å². The number of nitrogens with one attached hydrogen (secondary N) is 2. The molecule has 7 nitrogen and oxygen atoms in total. The molecule has 0 radical (unpaired) electrons. The number of nitrogens with zero attached hydrogens (tertiary/aromatic N) is 3. The number of aromatic amines is 1. The van der Waals surface area contributed by atoms with E-state index in [9.17, 15) is 9.59 Å². The van der Waals surface area contributed by atoms with Gasteiger partial charge in [0.15, 0.2) is 0 Å². The van der Waals surface area contributed by atoms with Crippen molar-refractivity contribution in [3.8, 4) is 0 Å². The first kappa shape index (κ1) is 22.7. The maximum absolute atomic E-state index is 13.2. The van der Waals surface area contributed by atoms with Crippen molar-refractivity contribution in [2.75, 3.05) is 0 Å². The van der Waals surface area contributed by atoms with E-state index in [2.05, 4.69) is 29.2 Å². The van der Waals surface area contributed by atoms with Gasteiger partial charge in [-0.25, -0.2) is 9.67 Å². The third-order valence-corrected chi connectivity index (χ3v) is 6.04. The van der Waals surface area contributed by atoms with Gasteiger partial charge < -0.3 is 10.3 Å². The van der Waals surface area contributed by atoms with Crippen LogP contribution in [-0.4, -0.2) is 25.7 Å². The summed E-state index contributed by atoms with van der Waals surface area (Å²) in [7, 11) is 0. The van der Waals surface area contributed by atoms with Crippen molar-refractivity contribution >= 4 is 27.7 Å². The topological polar surface area (TPSA) is 92.7 Å². The molecule has 0 unspecified atom stereocenters. The maximum atomic E-state index is 13.2. The van der Waals surface area contributed by atoms with Gasteiger partial charge in [-0.2, -0.15) is 5.10 Å². The molecule has 0 aliphatic heterocycles. The van der Waals surface area contributed by atoms with Crippen LogP contribution >= 0.6 is 0 Å². The number of aromatic nitrogens is 4. The Balaban J connectivity index is 1.65. The normalized spacial score (nSPS) is 13.5. The second-order valence-corrected chi connectivity index (χ2v) is 9.12. The van der Waals surface area contributed by atoms with E-state index in [1.54, 1.807) is 6.07 Å². The minimum atomic E-state index is -0.247. The number of H-pyrrole nitrogens is 1. The number of carbonyl (C=O) groups excluding carboxylic acids is 1. The van der Waals surface area contributed by atoms with Gasteiger partial charge in [0.05, 0.1) is 34.6 Å². The quantitative estimate of drug-likeness (QED) is 0.421. The predicted molar refractivity (Wildman–Crippen MR) is 131 cm³/mol. The average molecular weight is 446 g/mol. The molecule has 2 aromatic heterocycles. The molecule has 2 aromatic carbocycles. The number of hydrogen-bond acceptors (Lipinski definition) is 4. The lowest BCUT2D eigenvalue weighted by Crippen LogP contribution is -2.35. The third-order valence-electron chi connectivity index (χ3n) is 6.04. The number of rotatable bonds is 8. The molecule has 1 amide bonds. The molecular weight excluding hydrogens is 414 g/mol. The predicted octanol–water partition coefficient (Wildman–Crippen LogP) is 4.37. The van der Waals surface area contributed by atoms with E-state index in [0.717, 1.165) is 28.7 Å². The number of para-hydroxylation sites is 2. The zero-order chi connectivity index (χ0) is 23.5. The number of imidazole rings is 1. The van der Waals surface area contributed by atoms with Gasteiger partial charge in [-0.15, -0.1) is 0 Å². The van der Waals surface area contributed by atoms with E-state index in [-0.39, 0.29) is 35.8 Å². The molecule has 2 heterocycles. The second kappa shape index (κ2) is 9.57. The Kier molecular flexibility index (Phi) is 6.58. The summed E-state index contributed by atoms with van der Waals surface area (Å²) in [5.41, 5.74) is 2.31. The number of fused-ring (bicyclic) bond motifs is 2. The summed E-state index contributed by atoms with van der Waals surface area (Å²) in [6, 6.07) is 15.0. The lowest BCUT2D eigenvalue weighted by Gasteiger charge is -2.22. The molecule has 0 fully saturated rings. The molecule has 0 spiro atoms. The fourth-order valence-electron chi connectivity index (χ4n) is 4.12. The van der Waals surface area contributed by atoms with Gasteiger partial charge in [0.2, 0.25) is 5.91 Å². The van der Waals surface area contributed by atoms with Crippen molar-refractivity contribution in [3.63, 3.8) is 0 Å². The summed E-state index contributed by atoms with van der Waals surface area (Å²) in [4.78, 5) is 34.2. The molecule has 0 aliphatic carbocycles. The third kappa shape index (κ3) is 4.82. The van der Waals surface area contributed by atoms with Crippen molar-refractivity contribution < 1.29 is 4.79 Å². The largest absolute Gasteiger partial charge is 0.346 e. The Morgan fingerprint density at radius 1 is 1.06 bits per heavy atom. The molecule has 0 bridgehead atoms. The lowest BCUT2D eigenvalue weighted by molar-refractivity contribution is -0.121. The average Bonchev–Trinajstić information content (AvgIpc) is 3.23. The van der Waals surface area contributed by atoms with Gasteiger partial charge in [0.1, 0.15) is 5.82 Å². The summed E-state index contributed by atoms with van der Waals surface area (Å²) in [5, 5.41) is 9.07. The number of amides is 1. The zero-order valence-corrected chi connectivity index (χ0v) is 19.6. The van der Waals surface area contributed by atoms with Gasteiger partial charge in [0.25, 0.3) is 5.56 Å². The zero-order valence-electron chi connectivity index (χ0n) is 19.6. The Hall–Kier alpha value is -3.48. The van der Waals surface area contributed by atoms with E-state index in [0.29, 0.717) is 17.6 Å². The molecular formula is C26H31N5O2. The maximum Gasteiger partial charge on any atom is 0.274 e. The first-order valence-corrected chi connectivity index (χ1v) is 11.6. The van der Waals surface area contributed by atoms with Crippen LogP contribution in [0.4, 0.5) is 0 Å². The van der Waals surface area contributed by atoms with Crippen molar-refractivity contribution in [1.82, 2.24) is 25.1 Å². The fraction of sp³-hybridized carbons (Fsp3) is 0.385. The molecule has 0 saturated heterocycles. The van der Waals surface area contributed by atoms with Gasteiger partial charge in [0, 0.05) is 11.9 Å². The van der Waals surface area contributed by atoms with E-state index in [1.807, 2.05) is 56.3 Å². The molecule has 172 valence electrons. The van der Waals surface area contributed by atoms with E-state index in [4.69, 9.17) is 4.98 Å². The Labute approximate surface area is 193 Å². The highest BCUT2D eigenvalue weighted by molar-refractivity contribution is 5.88. The van der Waals surface area contributed by atoms with Crippen LogP contribution < -0.4 is 10.9 Å². The number of carbonyl (C=O) groups is 1.